The van der Waals surface area contributed by atoms with E-state index in [0.717, 1.165) is 104 Å². The van der Waals surface area contributed by atoms with E-state index in [1.54, 1.807) is 0 Å². The molecule has 0 N–H and O–H groups in total. The number of rotatable bonds is 7. The molecule has 83 heavy (non-hydrogen) atoms. The van der Waals surface area contributed by atoms with Gasteiger partial charge in [0.15, 0.2) is 0 Å². The summed E-state index contributed by atoms with van der Waals surface area (Å²) in [6.07, 6.45) is 10.7. The molecule has 390 valence electrons. The fraction of sp³-hybridized carbons (Fsp3) is 0.0526. The van der Waals surface area contributed by atoms with E-state index >= 15 is 0 Å². The van der Waals surface area contributed by atoms with Gasteiger partial charge in [0, 0.05) is 76.8 Å². The highest BCUT2D eigenvalue weighted by molar-refractivity contribution is 6.29. The molecule has 10 aromatic carbocycles. The van der Waals surface area contributed by atoms with Gasteiger partial charge in [0.05, 0.1) is 61.1 Å². The van der Waals surface area contributed by atoms with Gasteiger partial charge in [-0.3, -0.25) is 9.13 Å². The van der Waals surface area contributed by atoms with E-state index < -0.39 is 0 Å². The summed E-state index contributed by atoms with van der Waals surface area (Å²) in [5.74, 6) is 1.85. The Balaban J connectivity index is 0.781. The Morgan fingerprint density at radius 3 is 1.43 bits per heavy atom. The van der Waals surface area contributed by atoms with Crippen LogP contribution < -0.4 is 0 Å². The third kappa shape index (κ3) is 6.73. The van der Waals surface area contributed by atoms with Crippen LogP contribution in [0.25, 0.3) is 144 Å². The lowest BCUT2D eigenvalue weighted by Gasteiger charge is -2.16. The second-order valence-electron chi connectivity index (χ2n) is 22.3. The van der Waals surface area contributed by atoms with Crippen LogP contribution in [-0.4, -0.2) is 33.5 Å². The lowest BCUT2D eigenvalue weighted by molar-refractivity contribution is 0.968. The number of pyridine rings is 1. The average Bonchev–Trinajstić information content (AvgIpc) is 2.07. The van der Waals surface area contributed by atoms with Crippen molar-refractivity contribution in [2.75, 3.05) is 0 Å². The van der Waals surface area contributed by atoms with Gasteiger partial charge in [0.25, 0.3) is 0 Å². The fourth-order valence-electron chi connectivity index (χ4n) is 14.4. The van der Waals surface area contributed by atoms with Crippen LogP contribution in [0.5, 0.6) is 0 Å². The molecule has 0 spiro atoms. The molecular formula is C76H51N7. The molecule has 0 radical (unpaired) electrons. The minimum Gasteiger partial charge on any atom is -0.310 e. The first-order valence-electron chi connectivity index (χ1n) is 28.9. The number of benzene rings is 10. The van der Waals surface area contributed by atoms with Gasteiger partial charge in [-0.25, -0.2) is 9.98 Å². The van der Waals surface area contributed by atoms with E-state index in [-0.39, 0.29) is 0 Å². The highest BCUT2D eigenvalue weighted by Crippen LogP contribution is 2.46. The summed E-state index contributed by atoms with van der Waals surface area (Å²) in [5.41, 5.74) is 20.9. The zero-order valence-electron chi connectivity index (χ0n) is 45.3. The van der Waals surface area contributed by atoms with Crippen molar-refractivity contribution in [2.24, 2.45) is 4.99 Å². The van der Waals surface area contributed by atoms with Crippen molar-refractivity contribution in [3.63, 3.8) is 0 Å². The Morgan fingerprint density at radius 2 is 0.795 bits per heavy atom. The zero-order chi connectivity index (χ0) is 54.3. The molecule has 0 fully saturated rings. The van der Waals surface area contributed by atoms with Gasteiger partial charge in [0.1, 0.15) is 11.6 Å². The quantitative estimate of drug-likeness (QED) is 0.157. The van der Waals surface area contributed by atoms with Crippen LogP contribution >= 0.6 is 0 Å². The van der Waals surface area contributed by atoms with Crippen LogP contribution in [0.2, 0.25) is 0 Å². The van der Waals surface area contributed by atoms with E-state index in [1.165, 1.54) is 82.0 Å². The van der Waals surface area contributed by atoms with Crippen LogP contribution in [0.1, 0.15) is 36.1 Å². The number of aryl methyl sites for hydroxylation is 1. The van der Waals surface area contributed by atoms with Crippen molar-refractivity contribution >= 4 is 116 Å². The van der Waals surface area contributed by atoms with Crippen LogP contribution in [0.15, 0.2) is 260 Å². The number of allylic oxidation sites excluding steroid dienone is 2. The highest BCUT2D eigenvalue weighted by atomic mass is 15.1. The zero-order valence-corrected chi connectivity index (χ0v) is 45.3. The van der Waals surface area contributed by atoms with Gasteiger partial charge in [-0.05, 0) is 164 Å². The molecule has 0 saturated heterocycles. The summed E-state index contributed by atoms with van der Waals surface area (Å²) in [5, 5.41) is 11.2. The Bertz CT molecular complexity index is 5490. The van der Waals surface area contributed by atoms with E-state index in [1.807, 2.05) is 0 Å². The summed E-state index contributed by atoms with van der Waals surface area (Å²) < 4.78 is 12.0. The Hall–Kier alpha value is -10.8. The van der Waals surface area contributed by atoms with E-state index in [2.05, 4.69) is 284 Å². The van der Waals surface area contributed by atoms with Crippen molar-refractivity contribution in [2.45, 2.75) is 25.7 Å². The third-order valence-corrected chi connectivity index (χ3v) is 17.8. The molecule has 0 amide bonds. The molecule has 7 heteroatoms. The van der Waals surface area contributed by atoms with Crippen LogP contribution in [-0.2, 0) is 6.42 Å². The fourth-order valence-corrected chi connectivity index (χ4v) is 14.4. The molecule has 0 saturated carbocycles. The number of nitrogens with zero attached hydrogens (tertiary/aromatic N) is 7. The number of para-hydroxylation sites is 6. The maximum Gasteiger partial charge on any atom is 0.138 e. The smallest absolute Gasteiger partial charge is 0.138 e. The molecule has 18 rings (SSSR count). The normalized spacial score (nSPS) is 13.7. The van der Waals surface area contributed by atoms with E-state index in [0.29, 0.717) is 0 Å². The molecule has 16 aromatic rings. The predicted molar refractivity (Wildman–Crippen MR) is 346 cm³/mol. The van der Waals surface area contributed by atoms with Crippen molar-refractivity contribution in [3.05, 3.63) is 272 Å². The molecule has 2 aliphatic rings. The number of aromatic nitrogens is 6. The van der Waals surface area contributed by atoms with Gasteiger partial charge < -0.3 is 13.7 Å². The second-order valence-corrected chi connectivity index (χ2v) is 22.3. The standard InChI is InChI=1S/C76H51N7/c1-4-20-50(21-5-1)79-65-40-38-48(59-30-18-36-71(77-59)82-63-34-16-12-28-55(63)75-69(82)44-42-67-73(75)53-26-10-14-32-61(53)80(67)51-22-6-2-7-23-51)46-57(65)58-47-49(39-41-66(58)79)60-31-19-37-72(78-60)83-64-35-17-13-29-56(64)76-70(83)45-43-68-74(76)54-27-11-15-33-62(54)81(68)52-24-8-3-9-25-52/h1-10,12-17,19-26,28-29,31-47H,11,18,27,30H2. The van der Waals surface area contributed by atoms with Gasteiger partial charge in [-0.15, -0.1) is 0 Å². The summed E-state index contributed by atoms with van der Waals surface area (Å²) in [6.45, 7) is 0. The monoisotopic (exact) mass is 1060 g/mol. The Kier molecular flexibility index (Phi) is 9.91. The van der Waals surface area contributed by atoms with Crippen molar-refractivity contribution < 1.29 is 0 Å². The molecule has 0 atom stereocenters. The number of hydrogen-bond donors (Lipinski definition) is 0. The molecule has 7 heterocycles. The third-order valence-electron chi connectivity index (χ3n) is 17.8. The predicted octanol–water partition coefficient (Wildman–Crippen LogP) is 19.1. The highest BCUT2D eigenvalue weighted by Gasteiger charge is 2.26. The maximum absolute atomic E-state index is 5.65. The van der Waals surface area contributed by atoms with Crippen molar-refractivity contribution in [1.29, 1.82) is 0 Å². The first-order valence-corrected chi connectivity index (χ1v) is 28.9. The summed E-state index contributed by atoms with van der Waals surface area (Å²) in [4.78, 5) is 11.2. The number of hydrogen-bond acceptors (Lipinski definition) is 2. The Labute approximate surface area is 477 Å². The second kappa shape index (κ2) is 17.9. The summed E-state index contributed by atoms with van der Waals surface area (Å²) in [6, 6.07) is 88.4. The lowest BCUT2D eigenvalue weighted by Crippen LogP contribution is -2.08. The van der Waals surface area contributed by atoms with Crippen LogP contribution in [0.3, 0.4) is 0 Å². The van der Waals surface area contributed by atoms with Crippen LogP contribution in [0.4, 0.5) is 0 Å². The molecular weight excluding hydrogens is 1010 g/mol. The number of fused-ring (bicyclic) bond motifs is 17. The summed E-state index contributed by atoms with van der Waals surface area (Å²) in [7, 11) is 0. The molecule has 6 aromatic heterocycles. The molecule has 0 unspecified atom stereocenters. The van der Waals surface area contributed by atoms with Gasteiger partial charge in [0.2, 0.25) is 0 Å². The molecule has 0 bridgehead atoms. The van der Waals surface area contributed by atoms with Crippen molar-refractivity contribution in [3.8, 4) is 34.1 Å². The summed E-state index contributed by atoms with van der Waals surface area (Å²) >= 11 is 0. The van der Waals surface area contributed by atoms with E-state index in [9.17, 15) is 0 Å². The van der Waals surface area contributed by atoms with E-state index in [4.69, 9.17) is 9.98 Å². The van der Waals surface area contributed by atoms with Gasteiger partial charge >= 0.3 is 0 Å². The van der Waals surface area contributed by atoms with Gasteiger partial charge in [-0.1, -0.05) is 133 Å². The Morgan fingerprint density at radius 1 is 0.325 bits per heavy atom. The average molecular weight is 1060 g/mol. The lowest BCUT2D eigenvalue weighted by atomic mass is 9.98. The molecule has 1 aliphatic carbocycles. The van der Waals surface area contributed by atoms with Gasteiger partial charge in [-0.2, -0.15) is 0 Å². The first kappa shape index (κ1) is 46.0. The molecule has 1 aliphatic heterocycles. The largest absolute Gasteiger partial charge is 0.310 e. The number of aliphatic imine (C=N–C) groups is 1. The first-order chi connectivity index (χ1) is 41.2. The van der Waals surface area contributed by atoms with Crippen molar-refractivity contribution in [1.82, 2.24) is 27.8 Å². The minimum absolute atomic E-state index is 0.840. The topological polar surface area (TPSA) is 49.9 Å². The minimum atomic E-state index is 0.840. The maximum atomic E-state index is 5.65. The molecule has 7 nitrogen and oxygen atoms in total. The van der Waals surface area contributed by atoms with Crippen LogP contribution in [0, 0.1) is 0 Å². The SMILES string of the molecule is C1=Cc2c(c3c4c5ccccc5n(-c5cccc(-c6ccc7c(c6)c6cc(C8=NC(n9c%10ccccc%10c%10c%11c%12ccccc%12n(-c%12ccccc%12)c%11ccc%109)=CCC8)ccc6n7-c6ccccc6)n5)c4ccc3n2-c2ccccc2)CC1.